The molecule has 32 heavy (non-hydrogen) atoms. The Labute approximate surface area is 184 Å². The molecular weight excluding hydrogens is 411 g/mol. The quantitative estimate of drug-likeness (QED) is 0.410. The maximum Gasteiger partial charge on any atom is 0.255 e. The summed E-state index contributed by atoms with van der Waals surface area (Å²) >= 11 is 0. The number of rotatable bonds is 7. The van der Waals surface area contributed by atoms with Crippen molar-refractivity contribution in [2.75, 3.05) is 11.9 Å². The van der Waals surface area contributed by atoms with Crippen LogP contribution in [0.3, 0.4) is 0 Å². The van der Waals surface area contributed by atoms with Crippen LogP contribution in [0.5, 0.6) is 5.75 Å². The largest absolute Gasteiger partial charge is 0.483 e. The highest BCUT2D eigenvalue weighted by molar-refractivity contribution is 5.86. The van der Waals surface area contributed by atoms with Gasteiger partial charge in [0.15, 0.2) is 6.61 Å². The van der Waals surface area contributed by atoms with Crippen molar-refractivity contribution < 1.29 is 19.0 Å². The molecule has 0 bridgehead atoms. The number of aromatic nitrogens is 2. The van der Waals surface area contributed by atoms with Crippen molar-refractivity contribution in [2.45, 2.75) is 20.5 Å². The van der Waals surface area contributed by atoms with Crippen molar-refractivity contribution >= 4 is 23.1 Å². The molecule has 0 fully saturated rings. The zero-order valence-corrected chi connectivity index (χ0v) is 17.7. The topological polar surface area (TPSA) is 102 Å². The number of anilines is 2. The van der Waals surface area contributed by atoms with E-state index >= 15 is 0 Å². The predicted octanol–water partition coefficient (Wildman–Crippen LogP) is 3.86. The van der Waals surface area contributed by atoms with Gasteiger partial charge in [0.25, 0.3) is 5.91 Å². The minimum Gasteiger partial charge on any atom is -0.483 e. The third kappa shape index (κ3) is 4.00. The first kappa shape index (κ1) is 21.3. The van der Waals surface area contributed by atoms with Crippen molar-refractivity contribution in [3.8, 4) is 17.0 Å². The third-order valence-electron chi connectivity index (χ3n) is 5.20. The van der Waals surface area contributed by atoms with Crippen molar-refractivity contribution in [3.63, 3.8) is 0 Å². The second kappa shape index (κ2) is 8.68. The first-order valence-corrected chi connectivity index (χ1v) is 10.0. The van der Waals surface area contributed by atoms with Gasteiger partial charge in [0, 0.05) is 11.9 Å². The summed E-state index contributed by atoms with van der Waals surface area (Å²) in [6.45, 7) is 3.33. The number of hydrogen-bond donors (Lipinski definition) is 3. The Morgan fingerprint density at radius 1 is 1.16 bits per heavy atom. The molecule has 0 unspecified atom stereocenters. The molecule has 0 saturated heterocycles. The highest BCUT2D eigenvalue weighted by atomic mass is 19.1. The predicted molar refractivity (Wildman–Crippen MR) is 120 cm³/mol. The Bertz CT molecular complexity index is 1300. The summed E-state index contributed by atoms with van der Waals surface area (Å²) in [5.74, 6) is -0.214. The van der Waals surface area contributed by atoms with E-state index in [0.717, 1.165) is 16.8 Å². The smallest absolute Gasteiger partial charge is 0.255 e. The van der Waals surface area contributed by atoms with E-state index in [-0.39, 0.29) is 13.2 Å². The standard InChI is InChI=1S/C24H23FN4O3/c1-14-5-3-6-15(2)22(14)28-24-23(27-20-10-9-17(25)11-29(20)24)21-16(12-30)7-4-8-18(21)32-13-19(26)31/h3-11,28,30H,12-13H2,1-2H3,(H2,26,31). The molecule has 0 radical (unpaired) electrons. The van der Waals surface area contributed by atoms with E-state index in [0.29, 0.717) is 34.0 Å². The summed E-state index contributed by atoms with van der Waals surface area (Å²) in [4.78, 5) is 16.0. The lowest BCUT2D eigenvalue weighted by atomic mass is 10.0. The molecule has 7 nitrogen and oxygen atoms in total. The molecule has 0 aliphatic rings. The Balaban J connectivity index is 1.98. The highest BCUT2D eigenvalue weighted by Gasteiger charge is 2.22. The number of aliphatic hydroxyl groups is 1. The number of hydrogen-bond acceptors (Lipinski definition) is 5. The van der Waals surface area contributed by atoms with Crippen LogP contribution in [0.1, 0.15) is 16.7 Å². The molecule has 164 valence electrons. The lowest BCUT2D eigenvalue weighted by molar-refractivity contribution is -0.119. The monoisotopic (exact) mass is 434 g/mol. The number of nitrogens with one attached hydrogen (secondary N) is 1. The molecule has 2 aromatic carbocycles. The van der Waals surface area contributed by atoms with Crippen LogP contribution in [0, 0.1) is 19.7 Å². The molecule has 0 saturated carbocycles. The van der Waals surface area contributed by atoms with Gasteiger partial charge >= 0.3 is 0 Å². The van der Waals surface area contributed by atoms with Gasteiger partial charge in [-0.2, -0.15) is 0 Å². The number of ether oxygens (including phenoxy) is 1. The number of fused-ring (bicyclic) bond motifs is 1. The molecule has 1 amide bonds. The zero-order valence-electron chi connectivity index (χ0n) is 17.7. The van der Waals surface area contributed by atoms with Gasteiger partial charge in [0.2, 0.25) is 0 Å². The fourth-order valence-corrected chi connectivity index (χ4v) is 3.69. The molecule has 0 spiro atoms. The van der Waals surface area contributed by atoms with E-state index in [1.807, 2.05) is 32.0 Å². The number of pyridine rings is 1. The number of imidazole rings is 1. The van der Waals surface area contributed by atoms with Gasteiger partial charge in [-0.3, -0.25) is 9.20 Å². The van der Waals surface area contributed by atoms with Crippen molar-refractivity contribution in [3.05, 3.63) is 77.2 Å². The summed E-state index contributed by atoms with van der Waals surface area (Å²) in [6.07, 6.45) is 1.34. The zero-order chi connectivity index (χ0) is 22.8. The molecular formula is C24H23FN4O3. The Hall–Kier alpha value is -3.91. The van der Waals surface area contributed by atoms with Gasteiger partial charge in [0.1, 0.15) is 28.7 Å². The fraction of sp³-hybridized carbons (Fsp3) is 0.167. The summed E-state index contributed by atoms with van der Waals surface area (Å²) in [5, 5.41) is 13.4. The van der Waals surface area contributed by atoms with E-state index in [4.69, 9.17) is 15.5 Å². The van der Waals surface area contributed by atoms with E-state index in [1.54, 1.807) is 28.7 Å². The lowest BCUT2D eigenvalue weighted by Crippen LogP contribution is -2.20. The second-order valence-corrected chi connectivity index (χ2v) is 7.48. The number of nitrogens with two attached hydrogens (primary N) is 1. The first-order chi connectivity index (χ1) is 15.4. The fourth-order valence-electron chi connectivity index (χ4n) is 3.69. The second-order valence-electron chi connectivity index (χ2n) is 7.48. The number of amides is 1. The van der Waals surface area contributed by atoms with Crippen LogP contribution in [0.4, 0.5) is 15.9 Å². The number of aryl methyl sites for hydroxylation is 2. The molecule has 0 atom stereocenters. The average molecular weight is 434 g/mol. The number of benzene rings is 2. The highest BCUT2D eigenvalue weighted by Crippen LogP contribution is 2.40. The molecule has 4 rings (SSSR count). The van der Waals surface area contributed by atoms with Gasteiger partial charge in [-0.05, 0) is 48.7 Å². The molecule has 2 heterocycles. The number of nitrogens with zero attached hydrogens (tertiary/aromatic N) is 2. The molecule has 4 aromatic rings. The Kier molecular flexibility index (Phi) is 5.79. The van der Waals surface area contributed by atoms with E-state index in [1.165, 1.54) is 12.3 Å². The number of aliphatic hydroxyl groups excluding tert-OH is 1. The lowest BCUT2D eigenvalue weighted by Gasteiger charge is -2.17. The summed E-state index contributed by atoms with van der Waals surface area (Å²) in [5.41, 5.74) is 10.1. The minimum absolute atomic E-state index is 0.284. The number of halogens is 1. The van der Waals surface area contributed by atoms with Crippen LogP contribution in [0.15, 0.2) is 54.7 Å². The van der Waals surface area contributed by atoms with E-state index in [9.17, 15) is 14.3 Å². The van der Waals surface area contributed by atoms with Crippen molar-refractivity contribution in [1.82, 2.24) is 9.38 Å². The van der Waals surface area contributed by atoms with Gasteiger partial charge < -0.3 is 20.9 Å². The molecule has 2 aromatic heterocycles. The normalized spacial score (nSPS) is 11.0. The first-order valence-electron chi connectivity index (χ1n) is 10.0. The Morgan fingerprint density at radius 3 is 2.56 bits per heavy atom. The van der Waals surface area contributed by atoms with E-state index < -0.39 is 11.7 Å². The SMILES string of the molecule is Cc1cccc(C)c1Nc1c(-c2c(CO)cccc2OCC(N)=O)nc2ccc(F)cn12. The summed E-state index contributed by atoms with van der Waals surface area (Å²) in [7, 11) is 0. The third-order valence-corrected chi connectivity index (χ3v) is 5.20. The summed E-state index contributed by atoms with van der Waals surface area (Å²) in [6, 6.07) is 13.9. The number of carbonyl (C=O) groups excluding carboxylic acids is 1. The van der Waals surface area contributed by atoms with Crippen LogP contribution in [-0.4, -0.2) is 27.0 Å². The van der Waals surface area contributed by atoms with Crippen LogP contribution >= 0.6 is 0 Å². The molecule has 0 aliphatic carbocycles. The summed E-state index contributed by atoms with van der Waals surface area (Å²) < 4.78 is 21.4. The van der Waals surface area contributed by atoms with Crippen LogP contribution in [0.25, 0.3) is 16.9 Å². The van der Waals surface area contributed by atoms with E-state index in [2.05, 4.69) is 5.32 Å². The number of para-hydroxylation sites is 1. The average Bonchev–Trinajstić information content (AvgIpc) is 3.11. The molecule has 0 aliphatic heterocycles. The Morgan fingerprint density at radius 2 is 1.88 bits per heavy atom. The molecule has 4 N–H and O–H groups in total. The minimum atomic E-state index is -0.628. The van der Waals surface area contributed by atoms with Crippen molar-refractivity contribution in [1.29, 1.82) is 0 Å². The van der Waals surface area contributed by atoms with Crippen molar-refractivity contribution in [2.24, 2.45) is 5.73 Å². The van der Waals surface area contributed by atoms with Gasteiger partial charge in [-0.25, -0.2) is 9.37 Å². The van der Waals surface area contributed by atoms with Gasteiger partial charge in [-0.1, -0.05) is 30.3 Å². The van der Waals surface area contributed by atoms with Gasteiger partial charge in [0.05, 0.1) is 12.2 Å². The van der Waals surface area contributed by atoms with Crippen LogP contribution < -0.4 is 15.8 Å². The molecule has 8 heteroatoms. The number of carbonyl (C=O) groups is 1. The van der Waals surface area contributed by atoms with Crippen LogP contribution in [-0.2, 0) is 11.4 Å². The number of primary amides is 1. The van der Waals surface area contributed by atoms with Gasteiger partial charge in [-0.15, -0.1) is 0 Å². The van der Waals surface area contributed by atoms with Crippen LogP contribution in [0.2, 0.25) is 0 Å². The maximum absolute atomic E-state index is 14.2. The maximum atomic E-state index is 14.2.